The van der Waals surface area contributed by atoms with E-state index in [1.54, 1.807) is 9.58 Å². The van der Waals surface area contributed by atoms with Gasteiger partial charge >= 0.3 is 0 Å². The number of unbranched alkanes of at least 4 members (excludes halogenated alkanes) is 1. The van der Waals surface area contributed by atoms with Crippen LogP contribution in [0, 0.1) is 12.8 Å². The topological polar surface area (TPSA) is 89.4 Å². The second-order valence-corrected chi connectivity index (χ2v) is 8.49. The predicted octanol–water partition coefficient (Wildman–Crippen LogP) is 2.63. The minimum Gasteiger partial charge on any atom is -0.365 e. The lowest BCUT2D eigenvalue weighted by Crippen LogP contribution is -2.43. The van der Waals surface area contributed by atoms with Crippen LogP contribution in [0.15, 0.2) is 24.3 Å². The summed E-state index contributed by atoms with van der Waals surface area (Å²) in [6.07, 6.45) is 3.32. The van der Waals surface area contributed by atoms with Gasteiger partial charge in [0, 0.05) is 25.6 Å². The lowest BCUT2D eigenvalue weighted by molar-refractivity contribution is -0.126. The highest BCUT2D eigenvalue weighted by molar-refractivity contribution is 5.93. The molecule has 0 bridgehead atoms. The molecule has 0 saturated carbocycles. The number of aryl methyl sites for hydroxylation is 1. The second-order valence-electron chi connectivity index (χ2n) is 8.49. The molecule has 0 unspecified atom stereocenters. The van der Waals surface area contributed by atoms with E-state index in [4.69, 9.17) is 4.74 Å². The lowest BCUT2D eigenvalue weighted by Gasteiger charge is -2.31. The van der Waals surface area contributed by atoms with E-state index in [1.165, 1.54) is 5.56 Å². The molecular weight excluding hydrogens is 394 g/mol. The Morgan fingerprint density at radius 2 is 1.94 bits per heavy atom. The molecule has 0 spiro atoms. The molecular formula is C23H31N5O3. The Balaban J connectivity index is 1.35. The summed E-state index contributed by atoms with van der Waals surface area (Å²) in [6, 6.07) is 8.27. The quantitative estimate of drug-likeness (QED) is 0.719. The number of nitrogens with one attached hydrogen (secondary N) is 1. The minimum absolute atomic E-state index is 0.0199. The lowest BCUT2D eigenvalue weighted by atomic mass is 9.95. The standard InChI is InChI=1S/C23H31N5O3/c1-3-4-11-24-22(29)18-9-12-27(13-10-18)23(30)21-19-15-31-20(14-28(19)26-25-21)17-7-5-16(2)6-8-17/h5-8,18,20H,3-4,9-15H2,1-2H3,(H,24,29)/t20-/m0/s1. The predicted molar refractivity (Wildman–Crippen MR) is 115 cm³/mol. The Morgan fingerprint density at radius 1 is 1.19 bits per heavy atom. The number of carbonyl (C=O) groups is 2. The Labute approximate surface area is 182 Å². The molecule has 8 nitrogen and oxygen atoms in total. The summed E-state index contributed by atoms with van der Waals surface area (Å²) in [5, 5.41) is 11.4. The molecule has 2 aliphatic heterocycles. The third kappa shape index (κ3) is 4.79. The van der Waals surface area contributed by atoms with Gasteiger partial charge in [-0.3, -0.25) is 9.59 Å². The van der Waals surface area contributed by atoms with Crippen molar-refractivity contribution in [3.63, 3.8) is 0 Å². The molecule has 1 atom stereocenters. The van der Waals surface area contributed by atoms with Crippen LogP contribution in [0.25, 0.3) is 0 Å². The van der Waals surface area contributed by atoms with Crippen molar-refractivity contribution in [2.45, 2.75) is 58.8 Å². The SMILES string of the molecule is CCCCNC(=O)C1CCN(C(=O)c2nnn3c2CO[C@H](c2ccc(C)cc2)C3)CC1. The molecule has 2 amide bonds. The molecule has 2 aromatic rings. The average molecular weight is 426 g/mol. The number of hydrogen-bond acceptors (Lipinski definition) is 5. The van der Waals surface area contributed by atoms with Gasteiger partial charge in [0.05, 0.1) is 18.8 Å². The van der Waals surface area contributed by atoms with Crippen molar-refractivity contribution in [3.05, 3.63) is 46.8 Å². The van der Waals surface area contributed by atoms with Gasteiger partial charge < -0.3 is 15.0 Å². The van der Waals surface area contributed by atoms with Gasteiger partial charge in [-0.15, -0.1) is 5.10 Å². The highest BCUT2D eigenvalue weighted by atomic mass is 16.5. The zero-order valence-corrected chi connectivity index (χ0v) is 18.3. The van der Waals surface area contributed by atoms with Crippen molar-refractivity contribution in [1.82, 2.24) is 25.2 Å². The van der Waals surface area contributed by atoms with Crippen molar-refractivity contribution in [1.29, 1.82) is 0 Å². The highest BCUT2D eigenvalue weighted by Gasteiger charge is 2.33. The zero-order chi connectivity index (χ0) is 21.8. The molecule has 1 aromatic heterocycles. The molecule has 166 valence electrons. The summed E-state index contributed by atoms with van der Waals surface area (Å²) in [5.74, 6) is -0.0332. The van der Waals surface area contributed by atoms with Crippen LogP contribution >= 0.6 is 0 Å². The maximum Gasteiger partial charge on any atom is 0.276 e. The van der Waals surface area contributed by atoms with E-state index in [0.717, 1.165) is 30.6 Å². The van der Waals surface area contributed by atoms with Gasteiger partial charge in [0.2, 0.25) is 5.91 Å². The van der Waals surface area contributed by atoms with Crippen molar-refractivity contribution in [2.75, 3.05) is 19.6 Å². The Hall–Kier alpha value is -2.74. The molecule has 8 heteroatoms. The van der Waals surface area contributed by atoms with Crippen LogP contribution in [0.4, 0.5) is 0 Å². The summed E-state index contributed by atoms with van der Waals surface area (Å²) in [7, 11) is 0. The van der Waals surface area contributed by atoms with Crippen molar-refractivity contribution in [3.8, 4) is 0 Å². The number of benzene rings is 1. The van der Waals surface area contributed by atoms with E-state index >= 15 is 0 Å². The van der Waals surface area contributed by atoms with Gasteiger partial charge in [-0.25, -0.2) is 4.68 Å². The molecule has 0 radical (unpaired) electrons. The number of nitrogens with zero attached hydrogens (tertiary/aromatic N) is 4. The molecule has 31 heavy (non-hydrogen) atoms. The fourth-order valence-corrected chi connectivity index (χ4v) is 4.19. The largest absolute Gasteiger partial charge is 0.365 e. The van der Waals surface area contributed by atoms with Crippen LogP contribution in [-0.2, 0) is 22.7 Å². The molecule has 4 rings (SSSR count). The van der Waals surface area contributed by atoms with Gasteiger partial charge in [-0.2, -0.15) is 0 Å². The summed E-state index contributed by atoms with van der Waals surface area (Å²) in [4.78, 5) is 27.1. The van der Waals surface area contributed by atoms with Crippen molar-refractivity contribution in [2.24, 2.45) is 5.92 Å². The summed E-state index contributed by atoms with van der Waals surface area (Å²) >= 11 is 0. The number of ether oxygens (including phenoxy) is 1. The van der Waals surface area contributed by atoms with E-state index in [-0.39, 0.29) is 23.8 Å². The second kappa shape index (κ2) is 9.60. The minimum atomic E-state index is -0.122. The molecule has 1 N–H and O–H groups in total. The van der Waals surface area contributed by atoms with E-state index in [9.17, 15) is 9.59 Å². The van der Waals surface area contributed by atoms with Crippen LogP contribution in [0.5, 0.6) is 0 Å². The maximum absolute atomic E-state index is 13.1. The molecule has 2 aliphatic rings. The molecule has 3 heterocycles. The Morgan fingerprint density at radius 3 is 2.65 bits per heavy atom. The first-order chi connectivity index (χ1) is 15.1. The maximum atomic E-state index is 13.1. The van der Waals surface area contributed by atoms with Gasteiger partial charge in [0.1, 0.15) is 6.10 Å². The van der Waals surface area contributed by atoms with Gasteiger partial charge in [-0.05, 0) is 31.7 Å². The van der Waals surface area contributed by atoms with Crippen LogP contribution in [0.1, 0.15) is 66.0 Å². The highest BCUT2D eigenvalue weighted by Crippen LogP contribution is 2.28. The normalized spacial score (nSPS) is 19.2. The van der Waals surface area contributed by atoms with E-state index < -0.39 is 0 Å². The summed E-state index contributed by atoms with van der Waals surface area (Å²) in [6.45, 7) is 6.86. The van der Waals surface area contributed by atoms with Gasteiger partial charge in [0.25, 0.3) is 5.91 Å². The smallest absolute Gasteiger partial charge is 0.276 e. The van der Waals surface area contributed by atoms with E-state index in [0.29, 0.717) is 44.8 Å². The third-order valence-corrected chi connectivity index (χ3v) is 6.23. The van der Waals surface area contributed by atoms with Crippen LogP contribution < -0.4 is 5.32 Å². The molecule has 1 fully saturated rings. The van der Waals surface area contributed by atoms with Crippen LogP contribution in [0.3, 0.4) is 0 Å². The van der Waals surface area contributed by atoms with E-state index in [2.05, 4.69) is 53.7 Å². The Kier molecular flexibility index (Phi) is 6.65. The number of carbonyl (C=O) groups excluding carboxylic acids is 2. The fourth-order valence-electron chi connectivity index (χ4n) is 4.19. The number of aromatic nitrogens is 3. The van der Waals surface area contributed by atoms with Crippen LogP contribution in [-0.4, -0.2) is 51.3 Å². The molecule has 1 aromatic carbocycles. The summed E-state index contributed by atoms with van der Waals surface area (Å²) < 4.78 is 7.82. The number of hydrogen-bond donors (Lipinski definition) is 1. The number of amides is 2. The van der Waals surface area contributed by atoms with E-state index in [1.807, 2.05) is 0 Å². The van der Waals surface area contributed by atoms with Crippen molar-refractivity contribution < 1.29 is 14.3 Å². The van der Waals surface area contributed by atoms with Crippen LogP contribution in [0.2, 0.25) is 0 Å². The number of fused-ring (bicyclic) bond motifs is 1. The number of rotatable bonds is 6. The summed E-state index contributed by atoms with van der Waals surface area (Å²) in [5.41, 5.74) is 3.40. The molecule has 0 aliphatic carbocycles. The number of piperidine rings is 1. The molecule has 1 saturated heterocycles. The Bertz CT molecular complexity index is 916. The first-order valence-electron chi connectivity index (χ1n) is 11.2. The van der Waals surface area contributed by atoms with Gasteiger partial charge in [0.15, 0.2) is 5.69 Å². The third-order valence-electron chi connectivity index (χ3n) is 6.23. The average Bonchev–Trinajstić information content (AvgIpc) is 3.22. The van der Waals surface area contributed by atoms with Gasteiger partial charge in [-0.1, -0.05) is 48.4 Å². The first kappa shape index (κ1) is 21.5. The monoisotopic (exact) mass is 425 g/mol. The zero-order valence-electron chi connectivity index (χ0n) is 18.3. The first-order valence-corrected chi connectivity index (χ1v) is 11.2. The number of likely N-dealkylation sites (tertiary alicyclic amines) is 1. The fraction of sp³-hybridized carbons (Fsp3) is 0.565. The van der Waals surface area contributed by atoms with Crippen molar-refractivity contribution >= 4 is 11.8 Å².